The number of hydrogen-bond acceptors (Lipinski definition) is 6. The molecular formula is C17H17IN6O3S. The molecule has 3 rings (SSSR count). The molecule has 1 aromatic carbocycles. The zero-order valence-electron chi connectivity index (χ0n) is 14.8. The Labute approximate surface area is 175 Å². The number of carbonyl (C=O) groups excluding carboxylic acids is 1. The van der Waals surface area contributed by atoms with Crippen LogP contribution in [0.1, 0.15) is 12.1 Å². The predicted octanol–water partition coefficient (Wildman–Crippen LogP) is 2.42. The van der Waals surface area contributed by atoms with Gasteiger partial charge in [0, 0.05) is 37.2 Å². The number of nitrogens with one attached hydrogen (secondary N) is 2. The Hall–Kier alpha value is -2.54. The molecule has 9 nitrogen and oxygen atoms in total. The summed E-state index contributed by atoms with van der Waals surface area (Å²) in [5.41, 5.74) is 1.43. The minimum absolute atomic E-state index is 0.0107. The van der Waals surface area contributed by atoms with E-state index in [1.54, 1.807) is 10.7 Å². The van der Waals surface area contributed by atoms with Crippen LogP contribution < -0.4 is 10.0 Å². The van der Waals surface area contributed by atoms with Gasteiger partial charge in [0.15, 0.2) is 0 Å². The number of benzene rings is 1. The van der Waals surface area contributed by atoms with Crippen molar-refractivity contribution in [2.75, 3.05) is 10.0 Å². The lowest BCUT2D eigenvalue weighted by molar-refractivity contribution is -0.116. The van der Waals surface area contributed by atoms with Crippen LogP contribution >= 0.6 is 22.6 Å². The molecule has 2 N–H and O–H groups in total. The van der Waals surface area contributed by atoms with E-state index in [9.17, 15) is 13.2 Å². The highest BCUT2D eigenvalue weighted by Gasteiger charge is 2.15. The molecule has 0 aliphatic heterocycles. The Balaban J connectivity index is 1.58. The van der Waals surface area contributed by atoms with Crippen LogP contribution in [-0.4, -0.2) is 34.1 Å². The summed E-state index contributed by atoms with van der Waals surface area (Å²) >= 11 is 2.19. The third-order valence-electron chi connectivity index (χ3n) is 3.69. The van der Waals surface area contributed by atoms with Crippen LogP contribution in [0.4, 0.5) is 11.6 Å². The van der Waals surface area contributed by atoms with Crippen molar-refractivity contribution in [2.24, 2.45) is 0 Å². The molecule has 0 fully saturated rings. The molecule has 0 spiro atoms. The number of amides is 1. The first kappa shape index (κ1) is 20.2. The number of anilines is 2. The Morgan fingerprint density at radius 3 is 2.46 bits per heavy atom. The van der Waals surface area contributed by atoms with Crippen LogP contribution in [0.15, 0.2) is 53.8 Å². The van der Waals surface area contributed by atoms with Gasteiger partial charge in [-0.3, -0.25) is 9.48 Å². The molecule has 146 valence electrons. The average Bonchev–Trinajstić information content (AvgIpc) is 2.99. The van der Waals surface area contributed by atoms with E-state index < -0.39 is 10.0 Å². The maximum Gasteiger partial charge on any atom is 0.264 e. The van der Waals surface area contributed by atoms with Crippen LogP contribution in [0.3, 0.4) is 0 Å². The van der Waals surface area contributed by atoms with E-state index in [1.807, 2.05) is 13.1 Å². The monoisotopic (exact) mass is 512 g/mol. The summed E-state index contributed by atoms with van der Waals surface area (Å²) in [6.45, 7) is 2.37. The fourth-order valence-corrected chi connectivity index (χ4v) is 3.68. The summed E-state index contributed by atoms with van der Waals surface area (Å²) < 4.78 is 29.7. The largest absolute Gasteiger partial charge is 0.326 e. The van der Waals surface area contributed by atoms with Crippen molar-refractivity contribution in [1.29, 1.82) is 0 Å². The molecule has 0 aliphatic rings. The Morgan fingerprint density at radius 2 is 1.86 bits per heavy atom. The summed E-state index contributed by atoms with van der Waals surface area (Å²) in [5, 5.41) is 7.05. The molecular weight excluding hydrogens is 495 g/mol. The zero-order valence-corrected chi connectivity index (χ0v) is 17.8. The standard InChI is InChI=1S/C17H17IN6O3S/c1-12-15(18)11-24(22-12)10-7-16(25)21-13-3-5-14(6-4-13)28(26,27)23-17-19-8-2-9-20-17/h2-6,8-9,11H,7,10H2,1H3,(H,21,25)(H,19,20,23). The normalized spacial score (nSPS) is 11.2. The van der Waals surface area contributed by atoms with E-state index in [0.29, 0.717) is 12.2 Å². The summed E-state index contributed by atoms with van der Waals surface area (Å²) in [6, 6.07) is 7.45. The average molecular weight is 512 g/mol. The molecule has 2 aromatic heterocycles. The number of aryl methyl sites for hydroxylation is 2. The van der Waals surface area contributed by atoms with Crippen LogP contribution in [0.2, 0.25) is 0 Å². The molecule has 0 bridgehead atoms. The van der Waals surface area contributed by atoms with Gasteiger partial charge >= 0.3 is 0 Å². The van der Waals surface area contributed by atoms with Gasteiger partial charge in [-0.25, -0.2) is 23.1 Å². The van der Waals surface area contributed by atoms with E-state index in [0.717, 1.165) is 9.26 Å². The third kappa shape index (κ3) is 5.25. The predicted molar refractivity (Wildman–Crippen MR) is 112 cm³/mol. The molecule has 0 saturated carbocycles. The van der Waals surface area contributed by atoms with E-state index in [1.165, 1.54) is 36.7 Å². The van der Waals surface area contributed by atoms with Gasteiger partial charge in [0.05, 0.1) is 14.2 Å². The highest BCUT2D eigenvalue weighted by atomic mass is 127. The number of hydrogen-bond donors (Lipinski definition) is 2. The lowest BCUT2D eigenvalue weighted by Gasteiger charge is -2.08. The Kier molecular flexibility index (Phi) is 6.24. The molecule has 0 atom stereocenters. The topological polar surface area (TPSA) is 119 Å². The first-order chi connectivity index (χ1) is 13.3. The Bertz CT molecular complexity index is 1050. The highest BCUT2D eigenvalue weighted by Crippen LogP contribution is 2.16. The SMILES string of the molecule is Cc1nn(CCC(=O)Nc2ccc(S(=O)(=O)Nc3ncccn3)cc2)cc1I. The van der Waals surface area contributed by atoms with Crippen molar-refractivity contribution in [3.63, 3.8) is 0 Å². The quantitative estimate of drug-likeness (QED) is 0.470. The minimum atomic E-state index is -3.81. The smallest absolute Gasteiger partial charge is 0.264 e. The van der Waals surface area contributed by atoms with E-state index in [4.69, 9.17) is 0 Å². The van der Waals surface area contributed by atoms with Gasteiger partial charge in [-0.15, -0.1) is 0 Å². The second-order valence-electron chi connectivity index (χ2n) is 5.83. The summed E-state index contributed by atoms with van der Waals surface area (Å²) in [5.74, 6) is -0.196. The second kappa shape index (κ2) is 8.65. The molecule has 0 saturated heterocycles. The third-order valence-corrected chi connectivity index (χ3v) is 6.10. The van der Waals surface area contributed by atoms with E-state index in [-0.39, 0.29) is 23.2 Å². The summed E-state index contributed by atoms with van der Waals surface area (Å²) in [6.07, 6.45) is 5.01. The van der Waals surface area contributed by atoms with Crippen molar-refractivity contribution in [2.45, 2.75) is 24.8 Å². The molecule has 1 amide bonds. The number of aromatic nitrogens is 4. The van der Waals surface area contributed by atoms with Gasteiger partial charge in [0.2, 0.25) is 11.9 Å². The van der Waals surface area contributed by atoms with Gasteiger partial charge < -0.3 is 5.32 Å². The fourth-order valence-electron chi connectivity index (χ4n) is 2.30. The van der Waals surface area contributed by atoms with Crippen molar-refractivity contribution in [3.8, 4) is 0 Å². The number of rotatable bonds is 7. The number of carbonyl (C=O) groups is 1. The van der Waals surface area contributed by atoms with Gasteiger partial charge in [-0.05, 0) is 59.8 Å². The number of sulfonamides is 1. The summed E-state index contributed by atoms with van der Waals surface area (Å²) in [7, 11) is -3.81. The second-order valence-corrected chi connectivity index (χ2v) is 8.67. The van der Waals surface area contributed by atoms with Gasteiger partial charge in [0.1, 0.15) is 0 Å². The first-order valence-corrected chi connectivity index (χ1v) is 10.8. The molecule has 11 heteroatoms. The van der Waals surface area contributed by atoms with Crippen molar-refractivity contribution in [3.05, 3.63) is 58.2 Å². The fraction of sp³-hybridized carbons (Fsp3) is 0.176. The van der Waals surface area contributed by atoms with Crippen molar-refractivity contribution < 1.29 is 13.2 Å². The molecule has 28 heavy (non-hydrogen) atoms. The van der Waals surface area contributed by atoms with E-state index in [2.05, 4.69) is 47.7 Å². The molecule has 0 unspecified atom stereocenters. The maximum absolute atomic E-state index is 12.3. The lowest BCUT2D eigenvalue weighted by atomic mass is 10.3. The minimum Gasteiger partial charge on any atom is -0.326 e. The lowest BCUT2D eigenvalue weighted by Crippen LogP contribution is -2.16. The van der Waals surface area contributed by atoms with E-state index >= 15 is 0 Å². The number of nitrogens with zero attached hydrogens (tertiary/aromatic N) is 4. The zero-order chi connectivity index (χ0) is 20.1. The molecule has 2 heterocycles. The number of halogens is 1. The Morgan fingerprint density at radius 1 is 1.18 bits per heavy atom. The highest BCUT2D eigenvalue weighted by molar-refractivity contribution is 14.1. The summed E-state index contributed by atoms with van der Waals surface area (Å²) in [4.78, 5) is 19.8. The van der Waals surface area contributed by atoms with Gasteiger partial charge in [-0.2, -0.15) is 5.10 Å². The molecule has 0 aliphatic carbocycles. The first-order valence-electron chi connectivity index (χ1n) is 8.23. The van der Waals surface area contributed by atoms with Crippen LogP contribution in [0.5, 0.6) is 0 Å². The van der Waals surface area contributed by atoms with Crippen molar-refractivity contribution >= 4 is 50.2 Å². The van der Waals surface area contributed by atoms with Crippen LogP contribution in [-0.2, 0) is 21.4 Å². The molecule has 0 radical (unpaired) electrons. The maximum atomic E-state index is 12.3. The van der Waals surface area contributed by atoms with Crippen molar-refractivity contribution in [1.82, 2.24) is 19.7 Å². The van der Waals surface area contributed by atoms with Gasteiger partial charge in [0.25, 0.3) is 10.0 Å². The molecule has 3 aromatic rings. The van der Waals surface area contributed by atoms with Gasteiger partial charge in [-0.1, -0.05) is 0 Å². The van der Waals surface area contributed by atoms with Crippen LogP contribution in [0.25, 0.3) is 0 Å². The van der Waals surface area contributed by atoms with Crippen LogP contribution in [0, 0.1) is 10.5 Å².